The van der Waals surface area contributed by atoms with E-state index in [9.17, 15) is 9.59 Å². The van der Waals surface area contributed by atoms with Crippen LogP contribution in [0, 0.1) is 0 Å². The molecule has 5 nitrogen and oxygen atoms in total. The lowest BCUT2D eigenvalue weighted by molar-refractivity contribution is -0.132. The van der Waals surface area contributed by atoms with Gasteiger partial charge in [-0.2, -0.15) is 0 Å². The summed E-state index contributed by atoms with van der Waals surface area (Å²) in [6, 6.07) is 0.255. The number of carbonyl (C=O) groups is 2. The number of carbonyl (C=O) groups excluding carboxylic acids is 2. The third kappa shape index (κ3) is 2.60. The molecule has 2 heterocycles. The quantitative estimate of drug-likeness (QED) is 0.660. The van der Waals surface area contributed by atoms with Crippen molar-refractivity contribution in [1.29, 1.82) is 0 Å². The Kier molecular flexibility index (Phi) is 3.25. The third-order valence-corrected chi connectivity index (χ3v) is 3.53. The smallest absolute Gasteiger partial charge is 0.410 e. The molecule has 0 spiro atoms. The average molecular weight is 254 g/mol. The van der Waals surface area contributed by atoms with Gasteiger partial charge in [0.15, 0.2) is 0 Å². The molecule has 2 atom stereocenters. The Morgan fingerprint density at radius 2 is 1.61 bits per heavy atom. The first-order chi connectivity index (χ1) is 8.28. The van der Waals surface area contributed by atoms with E-state index in [-0.39, 0.29) is 24.1 Å². The van der Waals surface area contributed by atoms with Crippen LogP contribution >= 0.6 is 0 Å². The molecule has 2 fully saturated rings. The van der Waals surface area contributed by atoms with E-state index >= 15 is 0 Å². The molecule has 0 aromatic rings. The fourth-order valence-electron chi connectivity index (χ4n) is 2.77. The van der Waals surface area contributed by atoms with Gasteiger partial charge >= 0.3 is 6.09 Å². The van der Waals surface area contributed by atoms with Crippen molar-refractivity contribution in [2.24, 2.45) is 0 Å². The van der Waals surface area contributed by atoms with Gasteiger partial charge in [-0.05, 0) is 33.6 Å². The Bertz CT molecular complexity index is 348. The fourth-order valence-corrected chi connectivity index (χ4v) is 2.77. The topological polar surface area (TPSA) is 49.9 Å². The van der Waals surface area contributed by atoms with Crippen molar-refractivity contribution >= 4 is 12.0 Å². The molecule has 0 aromatic carbocycles. The molecule has 0 N–H and O–H groups in total. The van der Waals surface area contributed by atoms with Crippen LogP contribution in [0.4, 0.5) is 4.79 Å². The number of amides is 2. The molecule has 18 heavy (non-hydrogen) atoms. The van der Waals surface area contributed by atoms with Gasteiger partial charge in [0.05, 0.1) is 12.1 Å². The first-order valence-corrected chi connectivity index (χ1v) is 6.55. The molecule has 2 bridgehead atoms. The number of ether oxygens (including phenoxy) is 1. The van der Waals surface area contributed by atoms with Crippen molar-refractivity contribution in [3.8, 4) is 0 Å². The fraction of sp³-hybridized carbons (Fsp3) is 0.846. The molecule has 0 aliphatic carbocycles. The molecule has 5 heteroatoms. The zero-order valence-corrected chi connectivity index (χ0v) is 11.6. The van der Waals surface area contributed by atoms with Crippen LogP contribution in [0.2, 0.25) is 0 Å². The van der Waals surface area contributed by atoms with Gasteiger partial charge in [0.25, 0.3) is 0 Å². The number of hydrogen-bond donors (Lipinski definition) is 0. The average Bonchev–Trinajstić information content (AvgIpc) is 2.47. The van der Waals surface area contributed by atoms with Crippen molar-refractivity contribution in [1.82, 2.24) is 9.80 Å². The third-order valence-electron chi connectivity index (χ3n) is 3.53. The molecule has 2 saturated heterocycles. The largest absolute Gasteiger partial charge is 0.444 e. The summed E-state index contributed by atoms with van der Waals surface area (Å²) < 4.78 is 5.44. The summed E-state index contributed by atoms with van der Waals surface area (Å²) in [4.78, 5) is 27.2. The number of fused-ring (bicyclic) bond motifs is 2. The number of likely N-dealkylation sites (tertiary alicyclic amines) is 1. The van der Waals surface area contributed by atoms with Crippen molar-refractivity contribution in [3.05, 3.63) is 0 Å². The second-order valence-corrected chi connectivity index (χ2v) is 6.20. The predicted octanol–water partition coefficient (Wildman–Crippen LogP) is 1.62. The summed E-state index contributed by atoms with van der Waals surface area (Å²) in [5.74, 6) is 0.0933. The standard InChI is InChI=1S/C13H22N2O3/c1-9(16)14-7-10-5-6-11(8-14)15(10)12(17)18-13(2,3)4/h10-11H,5-8H2,1-4H3. The molecular formula is C13H22N2O3. The van der Waals surface area contributed by atoms with Gasteiger partial charge in [-0.15, -0.1) is 0 Å². The second-order valence-electron chi connectivity index (χ2n) is 6.20. The SMILES string of the molecule is CC(=O)N1CC2CCC(C1)N2C(=O)OC(C)(C)C. The van der Waals surface area contributed by atoms with E-state index in [1.54, 1.807) is 6.92 Å². The highest BCUT2D eigenvalue weighted by atomic mass is 16.6. The zero-order chi connectivity index (χ0) is 13.5. The monoisotopic (exact) mass is 254 g/mol. The molecule has 2 unspecified atom stereocenters. The van der Waals surface area contributed by atoms with Gasteiger partial charge in [-0.3, -0.25) is 9.69 Å². The van der Waals surface area contributed by atoms with Crippen LogP contribution in [0.15, 0.2) is 0 Å². The molecular weight excluding hydrogens is 232 g/mol. The molecule has 2 rings (SSSR count). The maximum absolute atomic E-state index is 12.2. The number of rotatable bonds is 0. The lowest BCUT2D eigenvalue weighted by atomic mass is 10.2. The normalized spacial score (nSPS) is 27.3. The summed E-state index contributed by atoms with van der Waals surface area (Å²) in [5.41, 5.74) is -0.464. The Hall–Kier alpha value is -1.26. The Morgan fingerprint density at radius 3 is 2.00 bits per heavy atom. The summed E-state index contributed by atoms with van der Waals surface area (Å²) in [7, 11) is 0. The van der Waals surface area contributed by atoms with E-state index in [1.165, 1.54) is 0 Å². The van der Waals surface area contributed by atoms with Crippen LogP contribution < -0.4 is 0 Å². The van der Waals surface area contributed by atoms with Crippen LogP contribution in [-0.4, -0.2) is 52.6 Å². The van der Waals surface area contributed by atoms with Crippen LogP contribution in [0.1, 0.15) is 40.5 Å². The van der Waals surface area contributed by atoms with E-state index in [2.05, 4.69) is 0 Å². The summed E-state index contributed by atoms with van der Waals surface area (Å²) >= 11 is 0. The Balaban J connectivity index is 2.05. The molecule has 0 saturated carbocycles. The molecule has 2 aliphatic rings. The highest BCUT2D eigenvalue weighted by Gasteiger charge is 2.44. The minimum atomic E-state index is -0.464. The highest BCUT2D eigenvalue weighted by Crippen LogP contribution is 2.31. The van der Waals surface area contributed by atoms with Gasteiger partial charge in [-0.25, -0.2) is 4.79 Å². The van der Waals surface area contributed by atoms with Crippen molar-refractivity contribution in [2.45, 2.75) is 58.2 Å². The number of nitrogens with zero attached hydrogens (tertiary/aromatic N) is 2. The van der Waals surface area contributed by atoms with E-state index in [0.29, 0.717) is 13.1 Å². The first kappa shape index (κ1) is 13.2. The van der Waals surface area contributed by atoms with E-state index in [0.717, 1.165) is 12.8 Å². The van der Waals surface area contributed by atoms with Gasteiger partial charge in [0.1, 0.15) is 5.60 Å². The van der Waals surface area contributed by atoms with Gasteiger partial charge in [0, 0.05) is 20.0 Å². The number of hydrogen-bond acceptors (Lipinski definition) is 3. The Labute approximate surface area is 108 Å². The predicted molar refractivity (Wildman–Crippen MR) is 67.1 cm³/mol. The van der Waals surface area contributed by atoms with Crippen LogP contribution in [0.5, 0.6) is 0 Å². The van der Waals surface area contributed by atoms with Crippen LogP contribution in [0.25, 0.3) is 0 Å². The zero-order valence-electron chi connectivity index (χ0n) is 11.6. The molecule has 2 amide bonds. The summed E-state index contributed by atoms with van der Waals surface area (Å²) in [6.07, 6.45) is 1.69. The van der Waals surface area contributed by atoms with Gasteiger partial charge < -0.3 is 9.64 Å². The summed E-state index contributed by atoms with van der Waals surface area (Å²) in [5, 5.41) is 0. The second kappa shape index (κ2) is 4.44. The minimum Gasteiger partial charge on any atom is -0.444 e. The van der Waals surface area contributed by atoms with Crippen molar-refractivity contribution in [3.63, 3.8) is 0 Å². The lowest BCUT2D eigenvalue weighted by Crippen LogP contribution is -2.57. The van der Waals surface area contributed by atoms with E-state index in [4.69, 9.17) is 4.74 Å². The molecule has 0 radical (unpaired) electrons. The highest BCUT2D eigenvalue weighted by molar-refractivity contribution is 5.75. The van der Waals surface area contributed by atoms with Crippen molar-refractivity contribution < 1.29 is 14.3 Å². The molecule has 0 aromatic heterocycles. The van der Waals surface area contributed by atoms with E-state index < -0.39 is 5.60 Å². The first-order valence-electron chi connectivity index (χ1n) is 6.55. The molecule has 102 valence electrons. The van der Waals surface area contributed by atoms with Crippen molar-refractivity contribution in [2.75, 3.05) is 13.1 Å². The van der Waals surface area contributed by atoms with Gasteiger partial charge in [0.2, 0.25) is 5.91 Å². The van der Waals surface area contributed by atoms with Crippen LogP contribution in [0.3, 0.4) is 0 Å². The van der Waals surface area contributed by atoms with E-state index in [1.807, 2.05) is 30.6 Å². The maximum atomic E-state index is 12.2. The lowest BCUT2D eigenvalue weighted by Gasteiger charge is -2.41. The Morgan fingerprint density at radius 1 is 1.11 bits per heavy atom. The summed E-state index contributed by atoms with van der Waals surface area (Å²) in [6.45, 7) is 8.49. The molecule has 2 aliphatic heterocycles. The van der Waals surface area contributed by atoms with Crippen LogP contribution in [-0.2, 0) is 9.53 Å². The van der Waals surface area contributed by atoms with Gasteiger partial charge in [-0.1, -0.05) is 0 Å². The maximum Gasteiger partial charge on any atom is 0.410 e. The number of piperazine rings is 1. The minimum absolute atomic E-state index is 0.0933.